The molecule has 0 radical (unpaired) electrons. The van der Waals surface area contributed by atoms with Gasteiger partial charge in [0.25, 0.3) is 5.91 Å². The molecule has 0 bridgehead atoms. The molecule has 1 rings (SSSR count). The van der Waals surface area contributed by atoms with Crippen LogP contribution in [0.5, 0.6) is 5.75 Å². The number of nitrogens with one attached hydrogen (secondary N) is 1. The topological polar surface area (TPSA) is 64.3 Å². The van der Waals surface area contributed by atoms with Crippen LogP contribution in [0.1, 0.15) is 56.8 Å². The van der Waals surface area contributed by atoms with Gasteiger partial charge in [0.1, 0.15) is 5.75 Å². The van der Waals surface area contributed by atoms with Gasteiger partial charge in [-0.15, -0.1) is 0 Å². The van der Waals surface area contributed by atoms with Gasteiger partial charge >= 0.3 is 0 Å². The zero-order valence-corrected chi connectivity index (χ0v) is 13.7. The summed E-state index contributed by atoms with van der Waals surface area (Å²) in [6.07, 6.45) is 4.75. The fourth-order valence-electron chi connectivity index (χ4n) is 2.28. The van der Waals surface area contributed by atoms with Crippen LogP contribution in [-0.4, -0.2) is 19.6 Å². The minimum Gasteiger partial charge on any atom is -0.495 e. The molecular formula is C17H28N2O2. The van der Waals surface area contributed by atoms with E-state index in [1.807, 2.05) is 0 Å². The predicted octanol–water partition coefficient (Wildman–Crippen LogP) is 3.61. The van der Waals surface area contributed by atoms with Crippen molar-refractivity contribution < 1.29 is 9.53 Å². The fourth-order valence-corrected chi connectivity index (χ4v) is 2.28. The molecule has 1 aromatic rings. The van der Waals surface area contributed by atoms with Crippen LogP contribution < -0.4 is 15.8 Å². The standard InChI is InChI=1S/C17H28N2O2/c1-5-6-7-11-17(2,3)12-19-16(20)13-9-8-10-14(21-4)15(13)18/h8-10H,5-7,11-12,18H2,1-4H3,(H,19,20). The van der Waals surface area contributed by atoms with Gasteiger partial charge in [-0.2, -0.15) is 0 Å². The van der Waals surface area contributed by atoms with Gasteiger partial charge in [0.15, 0.2) is 0 Å². The van der Waals surface area contributed by atoms with Crippen molar-refractivity contribution >= 4 is 11.6 Å². The van der Waals surface area contributed by atoms with Gasteiger partial charge in [-0.1, -0.05) is 46.1 Å². The van der Waals surface area contributed by atoms with Gasteiger partial charge in [0.2, 0.25) is 0 Å². The highest BCUT2D eigenvalue weighted by Gasteiger charge is 2.20. The first-order chi connectivity index (χ1) is 9.91. The lowest BCUT2D eigenvalue weighted by Gasteiger charge is -2.25. The quantitative estimate of drug-likeness (QED) is 0.568. The number of unbranched alkanes of at least 4 members (excludes halogenated alkanes) is 2. The smallest absolute Gasteiger partial charge is 0.253 e. The third-order valence-corrected chi connectivity index (χ3v) is 3.72. The monoisotopic (exact) mass is 292 g/mol. The molecule has 1 aromatic carbocycles. The molecule has 0 aliphatic heterocycles. The first-order valence-corrected chi connectivity index (χ1v) is 7.62. The number of carbonyl (C=O) groups excluding carboxylic acids is 1. The Morgan fingerprint density at radius 3 is 2.67 bits per heavy atom. The molecule has 0 saturated heterocycles. The predicted molar refractivity (Wildman–Crippen MR) is 87.7 cm³/mol. The molecule has 3 N–H and O–H groups in total. The van der Waals surface area contributed by atoms with Crippen molar-refractivity contribution in [1.29, 1.82) is 0 Å². The number of nitrogens with two attached hydrogens (primary N) is 1. The number of hydrogen-bond donors (Lipinski definition) is 2. The maximum Gasteiger partial charge on any atom is 0.253 e. The normalized spacial score (nSPS) is 11.2. The van der Waals surface area contributed by atoms with E-state index < -0.39 is 0 Å². The molecule has 0 aliphatic rings. The Balaban J connectivity index is 2.61. The summed E-state index contributed by atoms with van der Waals surface area (Å²) in [5, 5.41) is 2.98. The molecule has 0 saturated carbocycles. The Morgan fingerprint density at radius 2 is 2.05 bits per heavy atom. The van der Waals surface area contributed by atoms with E-state index in [1.54, 1.807) is 25.3 Å². The van der Waals surface area contributed by atoms with Crippen molar-refractivity contribution in [2.45, 2.75) is 46.5 Å². The summed E-state index contributed by atoms with van der Waals surface area (Å²) < 4.78 is 5.14. The lowest BCUT2D eigenvalue weighted by Crippen LogP contribution is -2.34. The van der Waals surface area contributed by atoms with Crippen LogP contribution in [0.15, 0.2) is 18.2 Å². The lowest BCUT2D eigenvalue weighted by atomic mass is 9.87. The van der Waals surface area contributed by atoms with Crippen LogP contribution in [0.25, 0.3) is 0 Å². The third kappa shape index (κ3) is 5.29. The number of ether oxygens (including phenoxy) is 1. The maximum atomic E-state index is 12.3. The average molecular weight is 292 g/mol. The molecule has 0 aromatic heterocycles. The molecule has 4 heteroatoms. The van der Waals surface area contributed by atoms with E-state index in [0.717, 1.165) is 6.42 Å². The maximum absolute atomic E-state index is 12.3. The van der Waals surface area contributed by atoms with Gasteiger partial charge in [0, 0.05) is 6.54 Å². The molecular weight excluding hydrogens is 264 g/mol. The third-order valence-electron chi connectivity index (χ3n) is 3.72. The summed E-state index contributed by atoms with van der Waals surface area (Å²) in [5.74, 6) is 0.389. The Morgan fingerprint density at radius 1 is 1.33 bits per heavy atom. The van der Waals surface area contributed by atoms with Crippen molar-refractivity contribution in [2.75, 3.05) is 19.4 Å². The number of carbonyl (C=O) groups is 1. The van der Waals surface area contributed by atoms with Crippen molar-refractivity contribution in [1.82, 2.24) is 5.32 Å². The van der Waals surface area contributed by atoms with E-state index in [-0.39, 0.29) is 11.3 Å². The summed E-state index contributed by atoms with van der Waals surface area (Å²) >= 11 is 0. The second-order valence-corrected chi connectivity index (χ2v) is 6.23. The van der Waals surface area contributed by atoms with E-state index in [1.165, 1.54) is 19.3 Å². The van der Waals surface area contributed by atoms with Crippen LogP contribution in [0, 0.1) is 5.41 Å². The molecule has 0 heterocycles. The summed E-state index contributed by atoms with van der Waals surface area (Å²) in [7, 11) is 1.55. The number of benzene rings is 1. The highest BCUT2D eigenvalue weighted by molar-refractivity contribution is 6.00. The Labute approximate surface area is 128 Å². The molecule has 4 nitrogen and oxygen atoms in total. The summed E-state index contributed by atoms with van der Waals surface area (Å²) in [5.41, 5.74) is 6.90. The number of rotatable bonds is 8. The Hall–Kier alpha value is -1.71. The molecule has 0 aliphatic carbocycles. The lowest BCUT2D eigenvalue weighted by molar-refractivity contribution is 0.0934. The zero-order chi connectivity index (χ0) is 15.9. The first-order valence-electron chi connectivity index (χ1n) is 7.62. The highest BCUT2D eigenvalue weighted by atomic mass is 16.5. The van der Waals surface area contributed by atoms with E-state index in [9.17, 15) is 4.79 Å². The number of hydrogen-bond acceptors (Lipinski definition) is 3. The highest BCUT2D eigenvalue weighted by Crippen LogP contribution is 2.26. The van der Waals surface area contributed by atoms with E-state index >= 15 is 0 Å². The molecule has 21 heavy (non-hydrogen) atoms. The molecule has 1 amide bonds. The van der Waals surface area contributed by atoms with Crippen LogP contribution in [0.3, 0.4) is 0 Å². The van der Waals surface area contributed by atoms with Crippen LogP contribution in [0.2, 0.25) is 0 Å². The molecule has 118 valence electrons. The molecule has 0 atom stereocenters. The number of methoxy groups -OCH3 is 1. The van der Waals surface area contributed by atoms with Crippen molar-refractivity contribution in [2.24, 2.45) is 5.41 Å². The number of amides is 1. The van der Waals surface area contributed by atoms with E-state index in [0.29, 0.717) is 23.5 Å². The van der Waals surface area contributed by atoms with Crippen molar-refractivity contribution in [3.63, 3.8) is 0 Å². The number of anilines is 1. The average Bonchev–Trinajstić information content (AvgIpc) is 2.45. The Bertz CT molecular complexity index is 470. The minimum absolute atomic E-state index is 0.0957. The Kier molecular flexibility index (Phi) is 6.53. The second-order valence-electron chi connectivity index (χ2n) is 6.23. The van der Waals surface area contributed by atoms with Crippen LogP contribution in [-0.2, 0) is 0 Å². The van der Waals surface area contributed by atoms with Crippen LogP contribution in [0.4, 0.5) is 5.69 Å². The van der Waals surface area contributed by atoms with E-state index in [4.69, 9.17) is 10.5 Å². The van der Waals surface area contributed by atoms with E-state index in [2.05, 4.69) is 26.1 Å². The van der Waals surface area contributed by atoms with Gasteiger partial charge in [-0.25, -0.2) is 0 Å². The van der Waals surface area contributed by atoms with Gasteiger partial charge in [-0.05, 0) is 24.0 Å². The van der Waals surface area contributed by atoms with Crippen molar-refractivity contribution in [3.8, 4) is 5.75 Å². The van der Waals surface area contributed by atoms with Crippen molar-refractivity contribution in [3.05, 3.63) is 23.8 Å². The second kappa shape index (κ2) is 7.91. The molecule has 0 unspecified atom stereocenters. The largest absolute Gasteiger partial charge is 0.495 e. The van der Waals surface area contributed by atoms with Gasteiger partial charge < -0.3 is 15.8 Å². The van der Waals surface area contributed by atoms with Gasteiger partial charge in [0.05, 0.1) is 18.4 Å². The SMILES string of the molecule is CCCCCC(C)(C)CNC(=O)c1cccc(OC)c1N. The number of para-hydroxylation sites is 1. The fraction of sp³-hybridized carbons (Fsp3) is 0.588. The summed E-state index contributed by atoms with van der Waals surface area (Å²) in [6.45, 7) is 7.20. The molecule has 0 spiro atoms. The van der Waals surface area contributed by atoms with Gasteiger partial charge in [-0.3, -0.25) is 4.79 Å². The minimum atomic E-state index is -0.144. The first kappa shape index (κ1) is 17.3. The molecule has 0 fully saturated rings. The summed E-state index contributed by atoms with van der Waals surface area (Å²) in [4.78, 5) is 12.3. The number of nitrogen functional groups attached to an aromatic ring is 1. The van der Waals surface area contributed by atoms with Crippen LogP contribution >= 0.6 is 0 Å². The summed E-state index contributed by atoms with van der Waals surface area (Å²) in [6, 6.07) is 5.24. The zero-order valence-electron chi connectivity index (χ0n) is 13.7.